The summed E-state index contributed by atoms with van der Waals surface area (Å²) in [7, 11) is 4.22. The molecule has 0 saturated carbocycles. The second-order valence-electron chi connectivity index (χ2n) is 8.48. The maximum Gasteiger partial charge on any atom is 0.234 e. The molecule has 32 heavy (non-hydrogen) atoms. The van der Waals surface area contributed by atoms with Crippen LogP contribution in [0, 0.1) is 0 Å². The number of quaternary nitrogens is 1. The first-order chi connectivity index (χ1) is 15.4. The second-order valence-corrected chi connectivity index (χ2v) is 9.42. The Kier molecular flexibility index (Phi) is 8.47. The molecule has 1 heterocycles. The Morgan fingerprint density at radius 1 is 1.06 bits per heavy atom. The maximum atomic E-state index is 12.6. The molecular weight excluding hydrogens is 418 g/mol. The van der Waals surface area contributed by atoms with Gasteiger partial charge in [-0.25, -0.2) is 0 Å². The summed E-state index contributed by atoms with van der Waals surface area (Å²) < 4.78 is 2.13. The number of nitrogens with zero attached hydrogens (tertiary/aromatic N) is 3. The zero-order valence-electron chi connectivity index (χ0n) is 19.6. The molecule has 1 amide bonds. The monoisotopic (exact) mass is 452 g/mol. The summed E-state index contributed by atoms with van der Waals surface area (Å²) in [5.74, 6) is 1.68. The van der Waals surface area contributed by atoms with Crippen molar-refractivity contribution in [2.24, 2.45) is 0 Å². The van der Waals surface area contributed by atoms with E-state index in [2.05, 4.69) is 79.2 Å². The number of amides is 1. The van der Waals surface area contributed by atoms with Gasteiger partial charge >= 0.3 is 0 Å². The number of carbonyl (C=O) groups excluding carboxylic acids is 1. The lowest BCUT2D eigenvalue weighted by Crippen LogP contribution is -3.05. The van der Waals surface area contributed by atoms with Gasteiger partial charge in [0.25, 0.3) is 0 Å². The SMILES string of the molecule is CC[C@H](C)c1ccc(NC(=O)CSc2nnc([C@@H](C)[NH+](C)C)n2Cc2ccccc2)cc1. The third-order valence-corrected chi connectivity index (χ3v) is 6.86. The van der Waals surface area contributed by atoms with Gasteiger partial charge in [-0.1, -0.05) is 68.1 Å². The maximum absolute atomic E-state index is 12.6. The van der Waals surface area contributed by atoms with Crippen LogP contribution in [0.25, 0.3) is 0 Å². The minimum absolute atomic E-state index is 0.0478. The molecule has 3 aromatic rings. The van der Waals surface area contributed by atoms with Crippen LogP contribution in [-0.2, 0) is 11.3 Å². The van der Waals surface area contributed by atoms with Gasteiger partial charge in [-0.05, 0) is 42.5 Å². The van der Waals surface area contributed by atoms with E-state index < -0.39 is 0 Å². The molecule has 0 aliphatic carbocycles. The van der Waals surface area contributed by atoms with E-state index in [0.717, 1.165) is 23.1 Å². The first-order valence-corrected chi connectivity index (χ1v) is 12.2. The minimum Gasteiger partial charge on any atom is -0.331 e. The lowest BCUT2D eigenvalue weighted by Gasteiger charge is -2.18. The van der Waals surface area contributed by atoms with Crippen LogP contribution in [0.15, 0.2) is 59.8 Å². The average Bonchev–Trinajstić information content (AvgIpc) is 3.19. The van der Waals surface area contributed by atoms with Gasteiger partial charge in [0.05, 0.1) is 26.4 Å². The summed E-state index contributed by atoms with van der Waals surface area (Å²) in [5.41, 5.74) is 3.29. The molecule has 0 bridgehead atoms. The summed E-state index contributed by atoms with van der Waals surface area (Å²) in [5, 5.41) is 12.6. The van der Waals surface area contributed by atoms with E-state index in [-0.39, 0.29) is 17.7 Å². The number of aromatic nitrogens is 3. The molecule has 6 nitrogen and oxygen atoms in total. The van der Waals surface area contributed by atoms with Crippen molar-refractivity contribution >= 4 is 23.4 Å². The molecular formula is C25H34N5OS+. The zero-order valence-corrected chi connectivity index (χ0v) is 20.4. The molecule has 170 valence electrons. The predicted molar refractivity (Wildman–Crippen MR) is 131 cm³/mol. The normalized spacial score (nSPS) is 13.2. The molecule has 2 aromatic carbocycles. The fraction of sp³-hybridized carbons (Fsp3) is 0.400. The number of nitrogens with one attached hydrogen (secondary N) is 2. The Balaban J connectivity index is 1.69. The summed E-state index contributed by atoms with van der Waals surface area (Å²) in [6.07, 6.45) is 1.10. The molecule has 0 fully saturated rings. The minimum atomic E-state index is -0.0478. The van der Waals surface area contributed by atoms with Crippen molar-refractivity contribution in [2.75, 3.05) is 25.2 Å². The molecule has 2 atom stereocenters. The fourth-order valence-electron chi connectivity index (χ4n) is 3.36. The fourth-order valence-corrected chi connectivity index (χ4v) is 4.10. The van der Waals surface area contributed by atoms with Crippen molar-refractivity contribution in [3.05, 3.63) is 71.5 Å². The van der Waals surface area contributed by atoms with Gasteiger partial charge in [-0.2, -0.15) is 0 Å². The number of hydrogen-bond acceptors (Lipinski definition) is 4. The largest absolute Gasteiger partial charge is 0.331 e. The molecule has 1 aromatic heterocycles. The summed E-state index contributed by atoms with van der Waals surface area (Å²) >= 11 is 1.42. The Morgan fingerprint density at radius 2 is 1.75 bits per heavy atom. The number of benzene rings is 2. The van der Waals surface area contributed by atoms with Crippen molar-refractivity contribution in [3.63, 3.8) is 0 Å². The molecule has 3 rings (SSSR count). The Morgan fingerprint density at radius 3 is 2.38 bits per heavy atom. The van der Waals surface area contributed by atoms with Crippen molar-refractivity contribution < 1.29 is 9.69 Å². The van der Waals surface area contributed by atoms with Crippen LogP contribution in [0.5, 0.6) is 0 Å². The highest BCUT2D eigenvalue weighted by atomic mass is 32.2. The lowest BCUT2D eigenvalue weighted by molar-refractivity contribution is -0.890. The van der Waals surface area contributed by atoms with Crippen LogP contribution in [-0.4, -0.2) is 40.5 Å². The first kappa shape index (κ1) is 24.0. The van der Waals surface area contributed by atoms with Gasteiger partial charge in [0.1, 0.15) is 6.04 Å². The van der Waals surface area contributed by atoms with E-state index in [9.17, 15) is 4.79 Å². The van der Waals surface area contributed by atoms with Gasteiger partial charge in [0.2, 0.25) is 5.91 Å². The third kappa shape index (κ3) is 6.20. The van der Waals surface area contributed by atoms with Gasteiger partial charge in [0, 0.05) is 5.69 Å². The topological polar surface area (TPSA) is 64.2 Å². The van der Waals surface area contributed by atoms with Crippen LogP contribution in [0.2, 0.25) is 0 Å². The molecule has 0 aliphatic heterocycles. The van der Waals surface area contributed by atoms with Gasteiger partial charge in [-0.3, -0.25) is 9.36 Å². The number of hydrogen-bond donors (Lipinski definition) is 2. The van der Waals surface area contributed by atoms with Crippen molar-refractivity contribution in [1.29, 1.82) is 0 Å². The van der Waals surface area contributed by atoms with E-state index in [0.29, 0.717) is 12.5 Å². The smallest absolute Gasteiger partial charge is 0.234 e. The van der Waals surface area contributed by atoms with E-state index in [1.165, 1.54) is 27.8 Å². The molecule has 0 spiro atoms. The Bertz CT molecular complexity index is 1000. The number of carbonyl (C=O) groups is 1. The van der Waals surface area contributed by atoms with Crippen LogP contribution in [0.4, 0.5) is 5.69 Å². The summed E-state index contributed by atoms with van der Waals surface area (Å²) in [6, 6.07) is 18.6. The average molecular weight is 453 g/mol. The first-order valence-electron chi connectivity index (χ1n) is 11.2. The van der Waals surface area contributed by atoms with Gasteiger partial charge in [-0.15, -0.1) is 10.2 Å². The molecule has 0 saturated heterocycles. The number of rotatable bonds is 10. The summed E-state index contributed by atoms with van der Waals surface area (Å²) in [4.78, 5) is 13.9. The van der Waals surface area contributed by atoms with Gasteiger partial charge < -0.3 is 10.2 Å². The molecule has 2 N–H and O–H groups in total. The highest BCUT2D eigenvalue weighted by Gasteiger charge is 2.23. The van der Waals surface area contributed by atoms with Gasteiger partial charge in [0.15, 0.2) is 11.0 Å². The Hall–Kier alpha value is -2.64. The van der Waals surface area contributed by atoms with Crippen molar-refractivity contribution in [2.45, 2.75) is 50.9 Å². The van der Waals surface area contributed by atoms with Crippen LogP contribution < -0.4 is 10.2 Å². The summed E-state index contributed by atoms with van der Waals surface area (Å²) in [6.45, 7) is 7.22. The molecule has 0 aliphatic rings. The van der Waals surface area contributed by atoms with E-state index >= 15 is 0 Å². The molecule has 0 unspecified atom stereocenters. The number of anilines is 1. The quantitative estimate of drug-likeness (QED) is 0.460. The van der Waals surface area contributed by atoms with Crippen molar-refractivity contribution in [1.82, 2.24) is 14.8 Å². The van der Waals surface area contributed by atoms with Crippen LogP contribution in [0.3, 0.4) is 0 Å². The second kappa shape index (κ2) is 11.3. The lowest BCUT2D eigenvalue weighted by atomic mass is 9.99. The van der Waals surface area contributed by atoms with E-state index in [1.807, 2.05) is 30.3 Å². The van der Waals surface area contributed by atoms with E-state index in [4.69, 9.17) is 0 Å². The van der Waals surface area contributed by atoms with E-state index in [1.54, 1.807) is 0 Å². The predicted octanol–water partition coefficient (Wildman–Crippen LogP) is 3.78. The zero-order chi connectivity index (χ0) is 23.1. The van der Waals surface area contributed by atoms with Crippen LogP contribution in [0.1, 0.15) is 56.1 Å². The third-order valence-electron chi connectivity index (χ3n) is 5.89. The highest BCUT2D eigenvalue weighted by molar-refractivity contribution is 7.99. The Labute approximate surface area is 195 Å². The molecule has 0 radical (unpaired) electrons. The standard InChI is InChI=1S/C25H33N5OS/c1-6-18(2)21-12-14-22(15-13-21)26-23(31)17-32-25-28-27-24(19(3)29(4)5)30(25)16-20-10-8-7-9-11-20/h7-15,18-19H,6,16-17H2,1-5H3,(H,26,31)/p+1/t18-,19+/m0/s1. The molecule has 7 heteroatoms. The number of thioether (sulfide) groups is 1. The van der Waals surface area contributed by atoms with Crippen molar-refractivity contribution in [3.8, 4) is 0 Å². The van der Waals surface area contributed by atoms with Crippen LogP contribution >= 0.6 is 11.8 Å². The highest BCUT2D eigenvalue weighted by Crippen LogP contribution is 2.23.